The summed E-state index contributed by atoms with van der Waals surface area (Å²) in [6, 6.07) is 0. The van der Waals surface area contributed by atoms with Crippen molar-refractivity contribution in [1.29, 1.82) is 0 Å². The van der Waals surface area contributed by atoms with Gasteiger partial charge in [-0.3, -0.25) is 0 Å². The first kappa shape index (κ1) is 13.7. The normalized spacial score (nSPS) is 13.6. The predicted octanol–water partition coefficient (Wildman–Crippen LogP) is 4.47. The molecule has 0 aromatic carbocycles. The van der Waals surface area contributed by atoms with Crippen molar-refractivity contribution in [3.05, 3.63) is 39.8 Å². The Morgan fingerprint density at radius 3 is 2.65 bits per heavy atom. The number of nitrogens with zero attached hydrogens (tertiary/aromatic N) is 1. The third kappa shape index (κ3) is 3.86. The van der Waals surface area contributed by atoms with Gasteiger partial charge in [0.15, 0.2) is 0 Å². The van der Waals surface area contributed by atoms with Crippen LogP contribution in [0.5, 0.6) is 5.88 Å². The molecule has 3 heteroatoms. The summed E-state index contributed by atoms with van der Waals surface area (Å²) in [6.07, 6.45) is 9.14. The minimum atomic E-state index is 0.138. The Labute approximate surface area is 107 Å². The van der Waals surface area contributed by atoms with Crippen molar-refractivity contribution < 1.29 is 5.11 Å². The first-order chi connectivity index (χ1) is 8.08. The van der Waals surface area contributed by atoms with Crippen LogP contribution in [0.4, 0.5) is 0 Å². The summed E-state index contributed by atoms with van der Waals surface area (Å²) < 4.78 is 0. The minimum Gasteiger partial charge on any atom is -0.492 e. The highest BCUT2D eigenvalue weighted by Crippen LogP contribution is 2.29. The smallest absolute Gasteiger partial charge is 0.225 e. The van der Waals surface area contributed by atoms with Crippen LogP contribution < -0.4 is 0 Å². The second-order valence-corrected chi connectivity index (χ2v) is 5.09. The maximum atomic E-state index is 9.54. The van der Waals surface area contributed by atoms with Crippen LogP contribution in [-0.2, 0) is 0 Å². The number of hydrogen-bond acceptors (Lipinski definition) is 3. The fourth-order valence-corrected chi connectivity index (χ4v) is 2.06. The lowest BCUT2D eigenvalue weighted by Gasteiger charge is -1.99. The van der Waals surface area contributed by atoms with Crippen molar-refractivity contribution in [2.75, 3.05) is 0 Å². The highest BCUT2D eigenvalue weighted by atomic mass is 32.1. The van der Waals surface area contributed by atoms with Crippen LogP contribution in [0.2, 0.25) is 0 Å². The molecule has 0 atom stereocenters. The fraction of sp³-hybridized carbons (Fsp3) is 0.357. The quantitative estimate of drug-likeness (QED) is 0.798. The van der Waals surface area contributed by atoms with Crippen molar-refractivity contribution in [2.45, 2.75) is 34.1 Å². The Morgan fingerprint density at radius 1 is 1.47 bits per heavy atom. The third-order valence-corrected chi connectivity index (χ3v) is 3.46. The fourth-order valence-electron chi connectivity index (χ4n) is 1.26. The van der Waals surface area contributed by atoms with Crippen molar-refractivity contribution in [2.24, 2.45) is 0 Å². The van der Waals surface area contributed by atoms with E-state index < -0.39 is 0 Å². The zero-order valence-electron chi connectivity index (χ0n) is 10.8. The molecule has 1 N–H and O–H groups in total. The van der Waals surface area contributed by atoms with E-state index in [0.717, 1.165) is 21.9 Å². The van der Waals surface area contributed by atoms with Crippen molar-refractivity contribution in [3.63, 3.8) is 0 Å². The number of aryl methyl sites for hydroxylation is 1. The molecule has 0 saturated heterocycles. The van der Waals surface area contributed by atoms with Crippen LogP contribution in [0.1, 0.15) is 37.1 Å². The average Bonchev–Trinajstić information content (AvgIpc) is 2.64. The molecule has 0 spiro atoms. The summed E-state index contributed by atoms with van der Waals surface area (Å²) in [5.41, 5.74) is 2.35. The van der Waals surface area contributed by atoms with Gasteiger partial charge in [0, 0.05) is 5.57 Å². The van der Waals surface area contributed by atoms with Gasteiger partial charge in [0.2, 0.25) is 5.88 Å². The SMILES string of the molecule is C\C=C/C=C(\C=C(/C)CC)c1nc(O)c(C)s1. The second kappa shape index (κ2) is 6.40. The lowest BCUT2D eigenvalue weighted by Crippen LogP contribution is -1.81. The molecule has 0 unspecified atom stereocenters. The molecule has 17 heavy (non-hydrogen) atoms. The molecule has 92 valence electrons. The molecule has 1 heterocycles. The highest BCUT2D eigenvalue weighted by Gasteiger charge is 2.08. The van der Waals surface area contributed by atoms with Gasteiger partial charge in [-0.2, -0.15) is 0 Å². The maximum absolute atomic E-state index is 9.54. The monoisotopic (exact) mass is 249 g/mol. The average molecular weight is 249 g/mol. The number of thiazole rings is 1. The number of allylic oxidation sites excluding steroid dienone is 6. The van der Waals surface area contributed by atoms with E-state index in [0.29, 0.717) is 0 Å². The summed E-state index contributed by atoms with van der Waals surface area (Å²) >= 11 is 1.52. The van der Waals surface area contributed by atoms with E-state index in [9.17, 15) is 5.11 Å². The number of hydrogen-bond donors (Lipinski definition) is 1. The lowest BCUT2D eigenvalue weighted by molar-refractivity contribution is 0.453. The Hall–Kier alpha value is -1.35. The first-order valence-corrected chi connectivity index (χ1v) is 6.57. The molecule has 0 bridgehead atoms. The molecule has 2 nitrogen and oxygen atoms in total. The van der Waals surface area contributed by atoms with E-state index in [2.05, 4.69) is 24.9 Å². The number of aromatic nitrogens is 1. The van der Waals surface area contributed by atoms with Crippen LogP contribution in [0.25, 0.3) is 5.57 Å². The van der Waals surface area contributed by atoms with E-state index in [1.807, 2.05) is 32.1 Å². The van der Waals surface area contributed by atoms with Crippen LogP contribution in [0.15, 0.2) is 29.9 Å². The standard InChI is InChI=1S/C14H19NOS/c1-5-7-8-12(9-10(3)6-2)14-15-13(16)11(4)17-14/h5,7-9,16H,6H2,1-4H3/b7-5-,10-9+,12-8+. The van der Waals surface area contributed by atoms with Crippen molar-refractivity contribution >= 4 is 16.9 Å². The molecule has 0 radical (unpaired) electrons. The number of aromatic hydroxyl groups is 1. The molecular weight excluding hydrogens is 230 g/mol. The van der Waals surface area contributed by atoms with Gasteiger partial charge in [0.05, 0.1) is 4.88 Å². The molecule has 0 fully saturated rings. The Balaban J connectivity index is 3.15. The molecule has 0 saturated carbocycles. The van der Waals surface area contributed by atoms with E-state index in [1.54, 1.807) is 0 Å². The molecule has 1 aromatic heterocycles. The second-order valence-electron chi connectivity index (χ2n) is 3.89. The van der Waals surface area contributed by atoms with Crippen LogP contribution in [0, 0.1) is 6.92 Å². The lowest BCUT2D eigenvalue weighted by atomic mass is 10.1. The largest absolute Gasteiger partial charge is 0.492 e. The molecule has 0 amide bonds. The summed E-state index contributed by atoms with van der Waals surface area (Å²) in [7, 11) is 0. The molecule has 1 rings (SSSR count). The number of rotatable bonds is 4. The van der Waals surface area contributed by atoms with Crippen molar-refractivity contribution in [3.8, 4) is 5.88 Å². The topological polar surface area (TPSA) is 33.1 Å². The van der Waals surface area contributed by atoms with E-state index >= 15 is 0 Å². The third-order valence-electron chi connectivity index (χ3n) is 2.45. The molecule has 0 aliphatic rings. The van der Waals surface area contributed by atoms with Crippen LogP contribution in [0.3, 0.4) is 0 Å². The van der Waals surface area contributed by atoms with Gasteiger partial charge in [0.1, 0.15) is 5.01 Å². The van der Waals surface area contributed by atoms with E-state index in [4.69, 9.17) is 0 Å². The van der Waals surface area contributed by atoms with Crippen LogP contribution in [-0.4, -0.2) is 10.1 Å². The zero-order valence-corrected chi connectivity index (χ0v) is 11.6. The van der Waals surface area contributed by atoms with Gasteiger partial charge in [-0.15, -0.1) is 11.3 Å². The Kier molecular flexibility index (Phi) is 5.16. The van der Waals surface area contributed by atoms with Gasteiger partial charge < -0.3 is 5.11 Å². The Bertz CT molecular complexity index is 447. The van der Waals surface area contributed by atoms with E-state index in [1.165, 1.54) is 16.9 Å². The molecule has 1 aromatic rings. The minimum absolute atomic E-state index is 0.138. The highest BCUT2D eigenvalue weighted by molar-refractivity contribution is 7.13. The molecular formula is C14H19NOS. The van der Waals surface area contributed by atoms with Gasteiger partial charge >= 0.3 is 0 Å². The van der Waals surface area contributed by atoms with Crippen LogP contribution >= 0.6 is 11.3 Å². The van der Waals surface area contributed by atoms with Crippen molar-refractivity contribution in [1.82, 2.24) is 4.98 Å². The summed E-state index contributed by atoms with van der Waals surface area (Å²) in [5.74, 6) is 0.138. The first-order valence-electron chi connectivity index (χ1n) is 5.75. The van der Waals surface area contributed by atoms with Gasteiger partial charge in [-0.1, -0.05) is 36.8 Å². The Morgan fingerprint density at radius 2 is 2.18 bits per heavy atom. The summed E-state index contributed by atoms with van der Waals surface area (Å²) in [6.45, 7) is 8.09. The summed E-state index contributed by atoms with van der Waals surface area (Å²) in [4.78, 5) is 5.03. The van der Waals surface area contributed by atoms with Gasteiger partial charge in [0.25, 0.3) is 0 Å². The van der Waals surface area contributed by atoms with E-state index in [-0.39, 0.29) is 5.88 Å². The maximum Gasteiger partial charge on any atom is 0.225 e. The summed E-state index contributed by atoms with van der Waals surface area (Å²) in [5, 5.41) is 10.4. The predicted molar refractivity (Wildman–Crippen MR) is 75.4 cm³/mol. The van der Waals surface area contributed by atoms with Gasteiger partial charge in [-0.05, 0) is 27.2 Å². The zero-order chi connectivity index (χ0) is 12.8. The molecule has 0 aliphatic carbocycles. The molecule has 0 aliphatic heterocycles. The van der Waals surface area contributed by atoms with Gasteiger partial charge in [-0.25, -0.2) is 4.98 Å².